The lowest BCUT2D eigenvalue weighted by Crippen LogP contribution is -2.16. The highest BCUT2D eigenvalue weighted by Crippen LogP contribution is 2.38. The van der Waals surface area contributed by atoms with Crippen molar-refractivity contribution in [3.63, 3.8) is 0 Å². The molecule has 0 saturated carbocycles. The quantitative estimate of drug-likeness (QED) is 0.445. The van der Waals surface area contributed by atoms with E-state index in [1.54, 1.807) is 12.3 Å². The lowest BCUT2D eigenvalue weighted by molar-refractivity contribution is -0.141. The number of nitrogen functional groups attached to an aromatic ring is 1. The van der Waals surface area contributed by atoms with E-state index in [-0.39, 0.29) is 17.1 Å². The Morgan fingerprint density at radius 3 is 2.42 bits per heavy atom. The number of ether oxygens (including phenoxy) is 1. The van der Waals surface area contributed by atoms with Gasteiger partial charge in [0.2, 0.25) is 0 Å². The number of anilines is 1. The van der Waals surface area contributed by atoms with Gasteiger partial charge in [-0.3, -0.25) is 4.90 Å². The highest BCUT2D eigenvalue weighted by molar-refractivity contribution is 5.67. The van der Waals surface area contributed by atoms with Crippen LogP contribution in [0.5, 0.6) is 5.75 Å². The van der Waals surface area contributed by atoms with Crippen molar-refractivity contribution in [1.82, 2.24) is 9.88 Å². The highest BCUT2D eigenvalue weighted by Gasteiger charge is 2.38. The maximum atomic E-state index is 14.0. The number of halogens is 4. The summed E-state index contributed by atoms with van der Waals surface area (Å²) in [7, 11) is 0. The van der Waals surface area contributed by atoms with E-state index in [1.165, 1.54) is 31.9 Å². The van der Waals surface area contributed by atoms with Crippen molar-refractivity contribution in [1.29, 1.82) is 0 Å². The van der Waals surface area contributed by atoms with Gasteiger partial charge in [0.1, 0.15) is 11.9 Å². The molecule has 0 bridgehead atoms. The third-order valence-electron chi connectivity index (χ3n) is 5.67. The normalized spacial score (nSPS) is 15.5. The molecule has 2 heterocycles. The van der Waals surface area contributed by atoms with Crippen molar-refractivity contribution in [2.24, 2.45) is 0 Å². The highest BCUT2D eigenvalue weighted by atomic mass is 19.4. The van der Waals surface area contributed by atoms with Crippen molar-refractivity contribution < 1.29 is 22.3 Å². The Kier molecular flexibility index (Phi) is 6.56. The van der Waals surface area contributed by atoms with Crippen molar-refractivity contribution in [2.45, 2.75) is 32.0 Å². The molecule has 8 heteroatoms. The van der Waals surface area contributed by atoms with Crippen molar-refractivity contribution in [2.75, 3.05) is 18.8 Å². The number of rotatable bonds is 6. The minimum atomic E-state index is -4.85. The molecule has 1 saturated heterocycles. The van der Waals surface area contributed by atoms with Crippen LogP contribution in [0.15, 0.2) is 54.7 Å². The van der Waals surface area contributed by atoms with Gasteiger partial charge < -0.3 is 10.5 Å². The number of pyridine rings is 1. The molecule has 0 amide bonds. The molecule has 4 rings (SSSR count). The molecule has 4 nitrogen and oxygen atoms in total. The SMILES string of the molecule is C[C@@H](Oc1cc(-c2ccc([CH]N3CCCC3)cc2)cnc1N)c1cccc(F)c1C(F)(F)F. The summed E-state index contributed by atoms with van der Waals surface area (Å²) >= 11 is 0. The molecule has 1 radical (unpaired) electrons. The van der Waals surface area contributed by atoms with Crippen LogP contribution in [-0.4, -0.2) is 23.0 Å². The summed E-state index contributed by atoms with van der Waals surface area (Å²) in [4.78, 5) is 6.42. The van der Waals surface area contributed by atoms with E-state index in [0.29, 0.717) is 5.56 Å². The fourth-order valence-corrected chi connectivity index (χ4v) is 3.98. The van der Waals surface area contributed by atoms with Crippen molar-refractivity contribution >= 4 is 5.82 Å². The van der Waals surface area contributed by atoms with Crippen LogP contribution in [0.1, 0.15) is 42.6 Å². The molecule has 33 heavy (non-hydrogen) atoms. The average Bonchev–Trinajstić information content (AvgIpc) is 3.28. The first-order valence-electron chi connectivity index (χ1n) is 10.7. The number of nitrogens with two attached hydrogens (primary N) is 1. The zero-order valence-corrected chi connectivity index (χ0v) is 18.1. The maximum Gasteiger partial charge on any atom is 0.419 e. The summed E-state index contributed by atoms with van der Waals surface area (Å²) in [5.74, 6) is -1.18. The smallest absolute Gasteiger partial charge is 0.419 e. The molecule has 0 aliphatic carbocycles. The van der Waals surface area contributed by atoms with Crippen molar-refractivity contribution in [3.05, 3.63) is 83.8 Å². The summed E-state index contributed by atoms with van der Waals surface area (Å²) in [6.45, 7) is 5.67. The van der Waals surface area contributed by atoms with Gasteiger partial charge in [-0.25, -0.2) is 9.37 Å². The summed E-state index contributed by atoms with van der Waals surface area (Å²) < 4.78 is 59.9. The molecule has 2 aromatic carbocycles. The Hall–Kier alpha value is -3.13. The van der Waals surface area contributed by atoms with Crippen LogP contribution in [-0.2, 0) is 6.18 Å². The predicted molar refractivity (Wildman–Crippen MR) is 119 cm³/mol. The Morgan fingerprint density at radius 2 is 1.76 bits per heavy atom. The van der Waals surface area contributed by atoms with E-state index in [9.17, 15) is 17.6 Å². The third kappa shape index (κ3) is 5.27. The van der Waals surface area contributed by atoms with Crippen LogP contribution >= 0.6 is 0 Å². The number of alkyl halides is 3. The summed E-state index contributed by atoms with van der Waals surface area (Å²) in [5.41, 5.74) is 6.91. The number of nitrogens with zero attached hydrogens (tertiary/aromatic N) is 2. The van der Waals surface area contributed by atoms with Gasteiger partial charge in [0.25, 0.3) is 0 Å². The van der Waals surface area contributed by atoms with Gasteiger partial charge in [0.15, 0.2) is 11.6 Å². The van der Waals surface area contributed by atoms with Crippen LogP contribution < -0.4 is 10.5 Å². The summed E-state index contributed by atoms with van der Waals surface area (Å²) in [5, 5.41) is 0. The molecular formula is C25H24F4N3O. The largest absolute Gasteiger partial charge is 0.482 e. The molecule has 1 aliphatic heterocycles. The van der Waals surface area contributed by atoms with Gasteiger partial charge in [-0.1, -0.05) is 36.4 Å². The Morgan fingerprint density at radius 1 is 1.06 bits per heavy atom. The minimum Gasteiger partial charge on any atom is -0.482 e. The number of aromatic nitrogens is 1. The second kappa shape index (κ2) is 9.39. The molecule has 2 N–H and O–H groups in total. The van der Waals surface area contributed by atoms with Gasteiger partial charge in [0, 0.05) is 17.3 Å². The van der Waals surface area contributed by atoms with E-state index in [0.717, 1.165) is 30.3 Å². The molecule has 1 aliphatic rings. The van der Waals surface area contributed by atoms with Crippen LogP contribution in [0.4, 0.5) is 23.4 Å². The number of hydrogen-bond acceptors (Lipinski definition) is 4. The Labute approximate surface area is 190 Å². The molecule has 3 aromatic rings. The molecule has 1 atom stereocenters. The summed E-state index contributed by atoms with van der Waals surface area (Å²) in [6, 6.07) is 12.7. The standard InChI is InChI=1S/C25H24F4N3O/c1-16(20-5-4-6-21(26)23(20)25(27,28)29)33-22-13-19(14-31-24(22)30)18-9-7-17(8-10-18)15-32-11-2-3-12-32/h4-10,13-16H,2-3,11-12H2,1H3,(H2,30,31)/t16-/m1/s1. The zero-order valence-electron chi connectivity index (χ0n) is 18.1. The fraction of sp³-hybridized carbons (Fsp3) is 0.280. The van der Waals surface area contributed by atoms with Gasteiger partial charge in [-0.05, 0) is 56.1 Å². The fourth-order valence-electron chi connectivity index (χ4n) is 3.98. The lowest BCUT2D eigenvalue weighted by atomic mass is 10.0. The zero-order chi connectivity index (χ0) is 23.6. The Balaban J connectivity index is 1.55. The van der Waals surface area contributed by atoms with E-state index in [4.69, 9.17) is 10.5 Å². The van der Waals surface area contributed by atoms with Gasteiger partial charge >= 0.3 is 6.18 Å². The molecule has 1 fully saturated rings. The molecule has 0 spiro atoms. The number of hydrogen-bond donors (Lipinski definition) is 1. The monoisotopic (exact) mass is 458 g/mol. The molecular weight excluding hydrogens is 434 g/mol. The second-order valence-electron chi connectivity index (χ2n) is 8.06. The van der Waals surface area contributed by atoms with Crippen LogP contribution in [0.2, 0.25) is 0 Å². The van der Waals surface area contributed by atoms with Crippen LogP contribution in [0.3, 0.4) is 0 Å². The van der Waals surface area contributed by atoms with E-state index in [1.807, 2.05) is 24.3 Å². The van der Waals surface area contributed by atoms with Crippen LogP contribution in [0, 0.1) is 12.4 Å². The van der Waals surface area contributed by atoms with Gasteiger partial charge in [0.05, 0.1) is 12.1 Å². The third-order valence-corrected chi connectivity index (χ3v) is 5.67. The molecule has 173 valence electrons. The van der Waals surface area contributed by atoms with Crippen LogP contribution in [0.25, 0.3) is 11.1 Å². The predicted octanol–water partition coefficient (Wildman–Crippen LogP) is 6.23. The molecule has 0 unspecified atom stereocenters. The topological polar surface area (TPSA) is 51.4 Å². The first kappa shape index (κ1) is 23.0. The summed E-state index contributed by atoms with van der Waals surface area (Å²) in [6.07, 6.45) is -1.97. The second-order valence-corrected chi connectivity index (χ2v) is 8.06. The van der Waals surface area contributed by atoms with E-state index >= 15 is 0 Å². The van der Waals surface area contributed by atoms with Gasteiger partial charge in [-0.2, -0.15) is 13.2 Å². The van der Waals surface area contributed by atoms with E-state index < -0.39 is 23.7 Å². The number of benzene rings is 2. The molecule has 1 aromatic heterocycles. The maximum absolute atomic E-state index is 14.0. The van der Waals surface area contributed by atoms with E-state index in [2.05, 4.69) is 16.4 Å². The van der Waals surface area contributed by atoms with Crippen molar-refractivity contribution in [3.8, 4) is 16.9 Å². The minimum absolute atomic E-state index is 0.0366. The Bertz CT molecular complexity index is 1110. The number of likely N-dealkylation sites (tertiary alicyclic amines) is 1. The first-order valence-corrected chi connectivity index (χ1v) is 10.7. The average molecular weight is 458 g/mol. The first-order chi connectivity index (χ1) is 15.7. The van der Waals surface area contributed by atoms with Gasteiger partial charge in [-0.15, -0.1) is 0 Å². The lowest BCUT2D eigenvalue weighted by Gasteiger charge is -2.21.